The minimum Gasteiger partial charge on any atom is -0.454 e. The molecule has 5 nitrogen and oxygen atoms in total. The molecule has 4 rings (SSSR count). The van der Waals surface area contributed by atoms with E-state index in [0.717, 1.165) is 28.2 Å². The molecule has 1 N–H and O–H groups in total. The van der Waals surface area contributed by atoms with Crippen LogP contribution in [0.3, 0.4) is 0 Å². The van der Waals surface area contributed by atoms with Crippen molar-refractivity contribution in [3.63, 3.8) is 0 Å². The van der Waals surface area contributed by atoms with Crippen LogP contribution in [-0.2, 0) is 0 Å². The van der Waals surface area contributed by atoms with Gasteiger partial charge in [-0.15, -0.1) is 0 Å². The molecule has 0 amide bonds. The summed E-state index contributed by atoms with van der Waals surface area (Å²) < 4.78 is 16.4. The highest BCUT2D eigenvalue weighted by Gasteiger charge is 2.16. The van der Waals surface area contributed by atoms with Gasteiger partial charge in [0.05, 0.1) is 6.04 Å². The Labute approximate surface area is 121 Å². The molecule has 0 saturated carbocycles. The summed E-state index contributed by atoms with van der Waals surface area (Å²) in [6, 6.07) is 14.2. The molecule has 1 atom stereocenters. The molecule has 3 aromatic rings. The van der Waals surface area contributed by atoms with Crippen LogP contribution in [0, 0.1) is 0 Å². The van der Waals surface area contributed by atoms with Crippen molar-refractivity contribution in [3.05, 3.63) is 48.0 Å². The first kappa shape index (κ1) is 12.1. The normalized spacial score (nSPS) is 14.3. The van der Waals surface area contributed by atoms with Crippen LogP contribution in [0.25, 0.3) is 11.1 Å². The highest BCUT2D eigenvalue weighted by molar-refractivity contribution is 5.74. The summed E-state index contributed by atoms with van der Waals surface area (Å²) in [6.07, 6.45) is 0. The Kier molecular flexibility index (Phi) is 2.70. The number of hydrogen-bond acceptors (Lipinski definition) is 5. The van der Waals surface area contributed by atoms with Gasteiger partial charge >= 0.3 is 0 Å². The number of nitrogens with one attached hydrogen (secondary N) is 1. The van der Waals surface area contributed by atoms with Crippen molar-refractivity contribution in [2.45, 2.75) is 13.0 Å². The van der Waals surface area contributed by atoms with Crippen LogP contribution >= 0.6 is 0 Å². The number of hydrogen-bond donors (Lipinski definition) is 1. The highest BCUT2D eigenvalue weighted by Crippen LogP contribution is 2.34. The number of aromatic nitrogens is 1. The number of anilines is 1. The van der Waals surface area contributed by atoms with Crippen molar-refractivity contribution in [2.75, 3.05) is 12.1 Å². The molecule has 0 fully saturated rings. The third-order valence-electron chi connectivity index (χ3n) is 3.53. The van der Waals surface area contributed by atoms with E-state index in [1.165, 1.54) is 0 Å². The molecule has 0 aliphatic carbocycles. The SMILES string of the molecule is CC(Nc1nc2ccccc2o1)c1ccc2c(c1)OCO2. The predicted molar refractivity (Wildman–Crippen MR) is 78.6 cm³/mol. The van der Waals surface area contributed by atoms with Crippen molar-refractivity contribution >= 4 is 17.1 Å². The number of fused-ring (bicyclic) bond motifs is 2. The molecule has 1 aromatic heterocycles. The maximum absolute atomic E-state index is 5.67. The predicted octanol–water partition coefficient (Wildman–Crippen LogP) is 3.73. The Balaban J connectivity index is 1.58. The van der Waals surface area contributed by atoms with Gasteiger partial charge in [-0.25, -0.2) is 0 Å². The summed E-state index contributed by atoms with van der Waals surface area (Å²) in [5.74, 6) is 1.56. The van der Waals surface area contributed by atoms with Gasteiger partial charge < -0.3 is 19.2 Å². The summed E-state index contributed by atoms with van der Waals surface area (Å²) in [4.78, 5) is 4.42. The second kappa shape index (κ2) is 4.70. The zero-order chi connectivity index (χ0) is 14.2. The Morgan fingerprint density at radius 2 is 1.95 bits per heavy atom. The Morgan fingerprint density at radius 3 is 2.86 bits per heavy atom. The third-order valence-corrected chi connectivity index (χ3v) is 3.53. The monoisotopic (exact) mass is 282 g/mol. The number of benzene rings is 2. The molecule has 2 aromatic carbocycles. The topological polar surface area (TPSA) is 56.5 Å². The van der Waals surface area contributed by atoms with E-state index in [1.54, 1.807) is 0 Å². The van der Waals surface area contributed by atoms with Gasteiger partial charge in [0.1, 0.15) is 5.52 Å². The summed E-state index contributed by atoms with van der Waals surface area (Å²) in [6.45, 7) is 2.33. The molecule has 106 valence electrons. The molecule has 1 aliphatic rings. The van der Waals surface area contributed by atoms with Crippen molar-refractivity contribution in [1.82, 2.24) is 4.98 Å². The van der Waals surface area contributed by atoms with Crippen LogP contribution < -0.4 is 14.8 Å². The summed E-state index contributed by atoms with van der Waals surface area (Å²) in [5.41, 5.74) is 2.71. The first-order valence-corrected chi connectivity index (χ1v) is 6.81. The zero-order valence-corrected chi connectivity index (χ0v) is 11.5. The van der Waals surface area contributed by atoms with Gasteiger partial charge in [-0.2, -0.15) is 4.98 Å². The van der Waals surface area contributed by atoms with Crippen molar-refractivity contribution in [2.24, 2.45) is 0 Å². The van der Waals surface area contributed by atoms with E-state index in [4.69, 9.17) is 13.9 Å². The maximum Gasteiger partial charge on any atom is 0.296 e. The van der Waals surface area contributed by atoms with E-state index in [0.29, 0.717) is 6.01 Å². The van der Waals surface area contributed by atoms with E-state index in [1.807, 2.05) is 49.4 Å². The van der Waals surface area contributed by atoms with Crippen molar-refractivity contribution < 1.29 is 13.9 Å². The van der Waals surface area contributed by atoms with Gasteiger partial charge in [0.2, 0.25) is 6.79 Å². The molecule has 0 saturated heterocycles. The molecule has 1 unspecified atom stereocenters. The fraction of sp³-hybridized carbons (Fsp3) is 0.188. The number of para-hydroxylation sites is 2. The minimum atomic E-state index is 0.0487. The van der Waals surface area contributed by atoms with Crippen LogP contribution in [0.15, 0.2) is 46.9 Å². The van der Waals surface area contributed by atoms with Gasteiger partial charge in [0.15, 0.2) is 17.1 Å². The number of rotatable bonds is 3. The lowest BCUT2D eigenvalue weighted by atomic mass is 10.1. The lowest BCUT2D eigenvalue weighted by molar-refractivity contribution is 0.174. The smallest absolute Gasteiger partial charge is 0.296 e. The lowest BCUT2D eigenvalue weighted by Crippen LogP contribution is -2.06. The fourth-order valence-corrected chi connectivity index (χ4v) is 2.38. The molecule has 2 heterocycles. The highest BCUT2D eigenvalue weighted by atomic mass is 16.7. The molecule has 0 radical (unpaired) electrons. The van der Waals surface area contributed by atoms with E-state index < -0.39 is 0 Å². The van der Waals surface area contributed by atoms with E-state index >= 15 is 0 Å². The van der Waals surface area contributed by atoms with E-state index in [-0.39, 0.29) is 12.8 Å². The van der Waals surface area contributed by atoms with Gasteiger partial charge in [-0.05, 0) is 36.8 Å². The quantitative estimate of drug-likeness (QED) is 0.793. The van der Waals surface area contributed by atoms with Crippen LogP contribution in [0.4, 0.5) is 6.01 Å². The van der Waals surface area contributed by atoms with Crippen LogP contribution in [0.5, 0.6) is 11.5 Å². The standard InChI is InChI=1S/C16H14N2O3/c1-10(11-6-7-14-15(8-11)20-9-19-14)17-16-18-12-4-2-3-5-13(12)21-16/h2-8,10H,9H2,1H3,(H,17,18). The van der Waals surface area contributed by atoms with Gasteiger partial charge in [0.25, 0.3) is 6.01 Å². The Morgan fingerprint density at radius 1 is 1.10 bits per heavy atom. The maximum atomic E-state index is 5.67. The van der Waals surface area contributed by atoms with Gasteiger partial charge in [0, 0.05) is 0 Å². The van der Waals surface area contributed by atoms with Crippen LogP contribution in [-0.4, -0.2) is 11.8 Å². The van der Waals surface area contributed by atoms with Gasteiger partial charge in [-0.3, -0.25) is 0 Å². The fourth-order valence-electron chi connectivity index (χ4n) is 2.38. The first-order valence-electron chi connectivity index (χ1n) is 6.81. The van der Waals surface area contributed by atoms with Crippen molar-refractivity contribution in [3.8, 4) is 11.5 Å². The zero-order valence-electron chi connectivity index (χ0n) is 11.5. The second-order valence-electron chi connectivity index (χ2n) is 4.97. The molecule has 21 heavy (non-hydrogen) atoms. The third kappa shape index (κ3) is 2.16. The van der Waals surface area contributed by atoms with Crippen LogP contribution in [0.2, 0.25) is 0 Å². The summed E-state index contributed by atoms with van der Waals surface area (Å²) in [5, 5.41) is 3.26. The average Bonchev–Trinajstić information content (AvgIpc) is 3.11. The second-order valence-corrected chi connectivity index (χ2v) is 4.97. The molecule has 1 aliphatic heterocycles. The number of oxazole rings is 1. The average molecular weight is 282 g/mol. The molecule has 0 bridgehead atoms. The Bertz CT molecular complexity index is 764. The lowest BCUT2D eigenvalue weighted by Gasteiger charge is -2.12. The molecular formula is C16H14N2O3. The number of nitrogens with zero attached hydrogens (tertiary/aromatic N) is 1. The Hall–Kier alpha value is -2.69. The van der Waals surface area contributed by atoms with E-state index in [2.05, 4.69) is 10.3 Å². The summed E-state index contributed by atoms with van der Waals surface area (Å²) >= 11 is 0. The van der Waals surface area contributed by atoms with Gasteiger partial charge in [-0.1, -0.05) is 18.2 Å². The first-order chi connectivity index (χ1) is 10.3. The molecular weight excluding hydrogens is 268 g/mol. The number of ether oxygens (including phenoxy) is 2. The largest absolute Gasteiger partial charge is 0.454 e. The van der Waals surface area contributed by atoms with Crippen molar-refractivity contribution in [1.29, 1.82) is 0 Å². The van der Waals surface area contributed by atoms with E-state index in [9.17, 15) is 0 Å². The summed E-state index contributed by atoms with van der Waals surface area (Å²) in [7, 11) is 0. The van der Waals surface area contributed by atoms with Crippen LogP contribution in [0.1, 0.15) is 18.5 Å². The molecule has 0 spiro atoms. The molecule has 5 heteroatoms. The minimum absolute atomic E-state index is 0.0487.